The molecular weight excluding hydrogens is 216 g/mol. The molecule has 0 amide bonds. The molecule has 0 unspecified atom stereocenters. The monoisotopic (exact) mass is 230 g/mol. The van der Waals surface area contributed by atoms with Crippen LogP contribution in [0.3, 0.4) is 0 Å². The first-order valence-corrected chi connectivity index (χ1v) is 7.33. The predicted molar refractivity (Wildman–Crippen MR) is 61.5 cm³/mol. The number of thioether (sulfide) groups is 1. The molecule has 78 valence electrons. The van der Waals surface area contributed by atoms with Crippen molar-refractivity contribution in [2.45, 2.75) is 11.8 Å². The second-order valence-electron chi connectivity index (χ2n) is 2.83. The minimum atomic E-state index is -3.05. The van der Waals surface area contributed by atoms with Crippen molar-refractivity contribution in [3.63, 3.8) is 0 Å². The van der Waals surface area contributed by atoms with Crippen LogP contribution in [0.2, 0.25) is 0 Å². The van der Waals surface area contributed by atoms with E-state index in [9.17, 15) is 8.42 Å². The van der Waals surface area contributed by atoms with Crippen molar-refractivity contribution in [2.24, 2.45) is 0 Å². The summed E-state index contributed by atoms with van der Waals surface area (Å²) in [6.45, 7) is 2.03. The lowest BCUT2D eigenvalue weighted by atomic mass is 10.4. The van der Waals surface area contributed by atoms with E-state index in [1.807, 2.05) is 13.0 Å². The van der Waals surface area contributed by atoms with Crippen LogP contribution in [-0.2, 0) is 9.84 Å². The molecule has 1 aromatic carbocycles. The summed E-state index contributed by atoms with van der Waals surface area (Å²) in [6.07, 6.45) is 0. The van der Waals surface area contributed by atoms with E-state index in [0.717, 1.165) is 5.75 Å². The Kier molecular flexibility index (Phi) is 4.48. The molecule has 0 aliphatic rings. The van der Waals surface area contributed by atoms with Crippen LogP contribution in [0.5, 0.6) is 0 Å². The van der Waals surface area contributed by atoms with Crippen LogP contribution < -0.4 is 0 Å². The Hall–Kier alpha value is -0.480. The lowest BCUT2D eigenvalue weighted by molar-refractivity contribution is 0.597. The number of benzene rings is 1. The quantitative estimate of drug-likeness (QED) is 0.727. The van der Waals surface area contributed by atoms with Crippen molar-refractivity contribution in [1.82, 2.24) is 0 Å². The number of rotatable bonds is 5. The summed E-state index contributed by atoms with van der Waals surface area (Å²) in [5.74, 6) is 1.87. The fourth-order valence-corrected chi connectivity index (χ4v) is 3.50. The Labute approximate surface area is 89.6 Å². The number of hydrogen-bond acceptors (Lipinski definition) is 3. The Morgan fingerprint density at radius 2 is 1.86 bits per heavy atom. The third-order valence-corrected chi connectivity index (χ3v) is 4.69. The van der Waals surface area contributed by atoms with Gasteiger partial charge in [-0.2, -0.15) is 11.8 Å². The molecule has 0 spiro atoms. The zero-order valence-corrected chi connectivity index (χ0v) is 9.77. The normalized spacial score (nSPS) is 11.5. The van der Waals surface area contributed by atoms with E-state index in [4.69, 9.17) is 0 Å². The lowest BCUT2D eigenvalue weighted by Crippen LogP contribution is -2.08. The van der Waals surface area contributed by atoms with Gasteiger partial charge in [-0.05, 0) is 17.9 Å². The molecule has 0 aliphatic heterocycles. The Morgan fingerprint density at radius 3 is 2.43 bits per heavy atom. The standard InChI is InChI=1S/C10H14O2S2/c1-2-13-8-9-14(11,12)10-6-4-3-5-7-10/h3-7H,2,8-9H2,1H3. The van der Waals surface area contributed by atoms with Gasteiger partial charge in [0.05, 0.1) is 10.6 Å². The molecule has 0 saturated carbocycles. The topological polar surface area (TPSA) is 34.1 Å². The van der Waals surface area contributed by atoms with Gasteiger partial charge in [-0.25, -0.2) is 8.42 Å². The van der Waals surface area contributed by atoms with Crippen LogP contribution in [0.15, 0.2) is 35.2 Å². The van der Waals surface area contributed by atoms with Crippen LogP contribution in [0.4, 0.5) is 0 Å². The molecule has 14 heavy (non-hydrogen) atoms. The van der Waals surface area contributed by atoms with Crippen molar-refractivity contribution in [3.8, 4) is 0 Å². The molecule has 0 radical (unpaired) electrons. The van der Waals surface area contributed by atoms with Gasteiger partial charge >= 0.3 is 0 Å². The average Bonchev–Trinajstić information content (AvgIpc) is 2.19. The summed E-state index contributed by atoms with van der Waals surface area (Å²) >= 11 is 1.65. The van der Waals surface area contributed by atoms with Crippen LogP contribution >= 0.6 is 11.8 Å². The molecule has 0 fully saturated rings. The lowest BCUT2D eigenvalue weighted by Gasteiger charge is -2.02. The maximum Gasteiger partial charge on any atom is 0.179 e. The fourth-order valence-electron chi connectivity index (χ4n) is 1.06. The van der Waals surface area contributed by atoms with Crippen LogP contribution in [0, 0.1) is 0 Å². The highest BCUT2D eigenvalue weighted by Gasteiger charge is 2.12. The zero-order valence-electron chi connectivity index (χ0n) is 8.14. The molecule has 0 aromatic heterocycles. The molecule has 0 saturated heterocycles. The summed E-state index contributed by atoms with van der Waals surface area (Å²) in [5.41, 5.74) is 0. The number of sulfone groups is 1. The smallest absolute Gasteiger partial charge is 0.179 e. The van der Waals surface area contributed by atoms with Gasteiger partial charge in [-0.15, -0.1) is 0 Å². The van der Waals surface area contributed by atoms with Crippen molar-refractivity contribution in [2.75, 3.05) is 17.3 Å². The van der Waals surface area contributed by atoms with Crippen LogP contribution in [0.1, 0.15) is 6.92 Å². The van der Waals surface area contributed by atoms with Gasteiger partial charge in [0.15, 0.2) is 9.84 Å². The Balaban J connectivity index is 2.67. The zero-order chi connectivity index (χ0) is 10.4. The molecule has 1 aromatic rings. The van der Waals surface area contributed by atoms with Crippen molar-refractivity contribution < 1.29 is 8.42 Å². The SMILES string of the molecule is CCSCCS(=O)(=O)c1ccccc1. The fraction of sp³-hybridized carbons (Fsp3) is 0.400. The second-order valence-corrected chi connectivity index (χ2v) is 6.33. The third kappa shape index (κ3) is 3.35. The van der Waals surface area contributed by atoms with E-state index in [0.29, 0.717) is 10.6 Å². The molecule has 0 bridgehead atoms. The van der Waals surface area contributed by atoms with E-state index in [1.54, 1.807) is 36.0 Å². The van der Waals surface area contributed by atoms with Gasteiger partial charge in [0.25, 0.3) is 0 Å². The first-order chi connectivity index (χ1) is 6.67. The molecule has 2 nitrogen and oxygen atoms in total. The summed E-state index contributed by atoms with van der Waals surface area (Å²) in [5, 5.41) is 0. The average molecular weight is 230 g/mol. The van der Waals surface area contributed by atoms with Crippen molar-refractivity contribution in [1.29, 1.82) is 0 Å². The summed E-state index contributed by atoms with van der Waals surface area (Å²) in [7, 11) is -3.05. The van der Waals surface area contributed by atoms with Gasteiger partial charge in [-0.3, -0.25) is 0 Å². The maximum atomic E-state index is 11.7. The van der Waals surface area contributed by atoms with Crippen LogP contribution in [-0.4, -0.2) is 25.7 Å². The molecular formula is C10H14O2S2. The van der Waals surface area contributed by atoms with E-state index in [2.05, 4.69) is 0 Å². The van der Waals surface area contributed by atoms with Gasteiger partial charge < -0.3 is 0 Å². The number of hydrogen-bond donors (Lipinski definition) is 0. The van der Waals surface area contributed by atoms with E-state index < -0.39 is 9.84 Å². The summed E-state index contributed by atoms with van der Waals surface area (Å²) in [6, 6.07) is 8.61. The van der Waals surface area contributed by atoms with Crippen molar-refractivity contribution in [3.05, 3.63) is 30.3 Å². The van der Waals surface area contributed by atoms with Crippen molar-refractivity contribution >= 4 is 21.6 Å². The molecule has 1 rings (SSSR count). The molecule has 0 aliphatic carbocycles. The highest BCUT2D eigenvalue weighted by atomic mass is 32.2. The van der Waals surface area contributed by atoms with Gasteiger partial charge in [0, 0.05) is 5.75 Å². The minimum absolute atomic E-state index is 0.232. The minimum Gasteiger partial charge on any atom is -0.224 e. The third-order valence-electron chi connectivity index (χ3n) is 1.80. The van der Waals surface area contributed by atoms with E-state index in [1.165, 1.54) is 0 Å². The second kappa shape index (κ2) is 5.41. The summed E-state index contributed by atoms with van der Waals surface area (Å²) in [4.78, 5) is 0.428. The first-order valence-electron chi connectivity index (χ1n) is 4.52. The van der Waals surface area contributed by atoms with Crippen LogP contribution in [0.25, 0.3) is 0 Å². The molecule has 4 heteroatoms. The summed E-state index contributed by atoms with van der Waals surface area (Å²) < 4.78 is 23.4. The highest BCUT2D eigenvalue weighted by Crippen LogP contribution is 2.11. The Bertz CT molecular complexity index is 357. The molecule has 0 heterocycles. The molecule has 0 atom stereocenters. The van der Waals surface area contributed by atoms with Gasteiger partial charge in [-0.1, -0.05) is 25.1 Å². The Morgan fingerprint density at radius 1 is 1.21 bits per heavy atom. The first kappa shape index (κ1) is 11.6. The largest absolute Gasteiger partial charge is 0.224 e. The van der Waals surface area contributed by atoms with Gasteiger partial charge in [0.2, 0.25) is 0 Å². The maximum absolute atomic E-state index is 11.7. The highest BCUT2D eigenvalue weighted by molar-refractivity contribution is 8.00. The predicted octanol–water partition coefficient (Wildman–Crippen LogP) is 2.21. The molecule has 0 N–H and O–H groups in total. The van der Waals surface area contributed by atoms with E-state index in [-0.39, 0.29) is 5.75 Å². The van der Waals surface area contributed by atoms with E-state index >= 15 is 0 Å². The van der Waals surface area contributed by atoms with Gasteiger partial charge in [0.1, 0.15) is 0 Å².